The molecule has 0 bridgehead atoms. The average molecular weight is 481 g/mol. The van der Waals surface area contributed by atoms with Crippen LogP contribution < -0.4 is 24.3 Å². The van der Waals surface area contributed by atoms with Crippen LogP contribution in [0.1, 0.15) is 32.4 Å². The highest BCUT2D eigenvalue weighted by atomic mass is 32.2. The van der Waals surface area contributed by atoms with Crippen molar-refractivity contribution >= 4 is 15.9 Å². The molecule has 1 amide bonds. The van der Waals surface area contributed by atoms with E-state index in [-0.39, 0.29) is 23.2 Å². The minimum atomic E-state index is -3.92. The molecule has 9 nitrogen and oxygen atoms in total. The van der Waals surface area contributed by atoms with Crippen LogP contribution in [0.15, 0.2) is 41.3 Å². The Morgan fingerprint density at radius 3 is 2.15 bits per heavy atom. The fraction of sp³-hybridized carbons (Fsp3) is 0.435. The van der Waals surface area contributed by atoms with Gasteiger partial charge < -0.3 is 24.3 Å². The van der Waals surface area contributed by atoms with Gasteiger partial charge >= 0.3 is 0 Å². The summed E-state index contributed by atoms with van der Waals surface area (Å²) in [5.41, 5.74) is 0.806. The van der Waals surface area contributed by atoms with Crippen LogP contribution in [0.3, 0.4) is 0 Å². The van der Waals surface area contributed by atoms with Crippen molar-refractivity contribution in [1.29, 1.82) is 0 Å². The lowest BCUT2D eigenvalue weighted by molar-refractivity contribution is -0.121. The predicted octanol–water partition coefficient (Wildman–Crippen LogP) is 3.00. The Kier molecular flexibility index (Phi) is 9.36. The van der Waals surface area contributed by atoms with Gasteiger partial charge in [0, 0.05) is 13.1 Å². The van der Waals surface area contributed by atoms with Crippen LogP contribution in [-0.4, -0.2) is 59.7 Å². The number of amides is 1. The fourth-order valence-electron chi connectivity index (χ4n) is 3.15. The second kappa shape index (κ2) is 11.8. The molecule has 10 heteroatoms. The standard InChI is InChI=1S/C23H32N2O7S/c1-7-31-20-11-9-17(13-22(20)32-8-2)16(3)24-23(26)15-25(4)33(27,28)18-10-12-19(29-5)21(14-18)30-6/h9-14,16H,7-8,15H2,1-6H3,(H,24,26). The van der Waals surface area contributed by atoms with Crippen molar-refractivity contribution in [2.75, 3.05) is 41.0 Å². The molecule has 1 N–H and O–H groups in total. The summed E-state index contributed by atoms with van der Waals surface area (Å²) in [5, 5.41) is 2.83. The van der Waals surface area contributed by atoms with Crippen LogP contribution in [0.25, 0.3) is 0 Å². The molecule has 2 rings (SSSR count). The van der Waals surface area contributed by atoms with Crippen LogP contribution in [0.2, 0.25) is 0 Å². The van der Waals surface area contributed by atoms with E-state index in [4.69, 9.17) is 18.9 Å². The van der Waals surface area contributed by atoms with Crippen LogP contribution >= 0.6 is 0 Å². The third-order valence-electron chi connectivity index (χ3n) is 4.87. The van der Waals surface area contributed by atoms with Gasteiger partial charge in [0.2, 0.25) is 15.9 Å². The molecule has 1 unspecified atom stereocenters. The molecule has 0 aliphatic rings. The van der Waals surface area contributed by atoms with Gasteiger partial charge in [-0.3, -0.25) is 4.79 Å². The monoisotopic (exact) mass is 480 g/mol. The molecular weight excluding hydrogens is 448 g/mol. The Balaban J connectivity index is 2.11. The zero-order valence-corrected chi connectivity index (χ0v) is 20.7. The first-order chi connectivity index (χ1) is 15.7. The first-order valence-electron chi connectivity index (χ1n) is 10.5. The van der Waals surface area contributed by atoms with E-state index in [1.807, 2.05) is 32.9 Å². The zero-order chi connectivity index (χ0) is 24.6. The summed E-state index contributed by atoms with van der Waals surface area (Å²) in [6, 6.07) is 9.34. The molecule has 0 saturated carbocycles. The molecule has 33 heavy (non-hydrogen) atoms. The van der Waals surface area contributed by atoms with Gasteiger partial charge in [-0.25, -0.2) is 8.42 Å². The number of sulfonamides is 1. The average Bonchev–Trinajstić information content (AvgIpc) is 2.79. The Hall–Kier alpha value is -2.98. The maximum atomic E-state index is 12.9. The van der Waals surface area contributed by atoms with E-state index in [1.54, 1.807) is 6.07 Å². The first-order valence-corrected chi connectivity index (χ1v) is 12.0. The largest absolute Gasteiger partial charge is 0.493 e. The van der Waals surface area contributed by atoms with E-state index in [0.717, 1.165) is 9.87 Å². The molecule has 182 valence electrons. The zero-order valence-electron chi connectivity index (χ0n) is 19.9. The van der Waals surface area contributed by atoms with E-state index in [9.17, 15) is 13.2 Å². The molecule has 1 atom stereocenters. The Labute approximate surface area is 195 Å². The number of carbonyl (C=O) groups is 1. The highest BCUT2D eigenvalue weighted by Gasteiger charge is 2.25. The molecule has 2 aromatic carbocycles. The lowest BCUT2D eigenvalue weighted by Gasteiger charge is -2.21. The van der Waals surface area contributed by atoms with E-state index in [0.29, 0.717) is 30.5 Å². The van der Waals surface area contributed by atoms with E-state index in [2.05, 4.69) is 5.32 Å². The Morgan fingerprint density at radius 1 is 0.939 bits per heavy atom. The molecule has 0 spiro atoms. The molecule has 0 radical (unpaired) electrons. The fourth-order valence-corrected chi connectivity index (χ4v) is 4.29. The lowest BCUT2D eigenvalue weighted by Crippen LogP contribution is -2.39. The highest BCUT2D eigenvalue weighted by molar-refractivity contribution is 7.89. The number of benzene rings is 2. The number of hydrogen-bond donors (Lipinski definition) is 1. The number of nitrogens with one attached hydrogen (secondary N) is 1. The number of rotatable bonds is 12. The van der Waals surface area contributed by atoms with E-state index in [1.165, 1.54) is 39.5 Å². The summed E-state index contributed by atoms with van der Waals surface area (Å²) < 4.78 is 48.4. The van der Waals surface area contributed by atoms with Gasteiger partial charge in [0.25, 0.3) is 0 Å². The Bertz CT molecular complexity index is 1060. The molecule has 0 aliphatic heterocycles. The van der Waals surface area contributed by atoms with Crippen LogP contribution in [0.5, 0.6) is 23.0 Å². The molecular formula is C23H32N2O7S. The Morgan fingerprint density at radius 2 is 1.55 bits per heavy atom. The van der Waals surface area contributed by atoms with Crippen LogP contribution in [0.4, 0.5) is 0 Å². The van der Waals surface area contributed by atoms with Gasteiger partial charge in [-0.15, -0.1) is 0 Å². The second-order valence-electron chi connectivity index (χ2n) is 7.14. The minimum Gasteiger partial charge on any atom is -0.493 e. The van der Waals surface area contributed by atoms with Gasteiger partial charge in [-0.05, 0) is 50.6 Å². The maximum absolute atomic E-state index is 12.9. The third-order valence-corrected chi connectivity index (χ3v) is 6.67. The molecule has 0 fully saturated rings. The molecule has 2 aromatic rings. The van der Waals surface area contributed by atoms with Crippen molar-refractivity contribution in [3.05, 3.63) is 42.0 Å². The van der Waals surface area contributed by atoms with Crippen molar-refractivity contribution in [2.45, 2.75) is 31.7 Å². The summed E-state index contributed by atoms with van der Waals surface area (Å²) in [6.45, 7) is 6.21. The van der Waals surface area contributed by atoms with E-state index >= 15 is 0 Å². The van der Waals surface area contributed by atoms with Crippen molar-refractivity contribution < 1.29 is 32.2 Å². The van der Waals surface area contributed by atoms with Gasteiger partial charge in [0.15, 0.2) is 23.0 Å². The van der Waals surface area contributed by atoms with Gasteiger partial charge in [0.05, 0.1) is 44.9 Å². The van der Waals surface area contributed by atoms with Crippen LogP contribution in [0, 0.1) is 0 Å². The number of carbonyl (C=O) groups excluding carboxylic acids is 1. The SMILES string of the molecule is CCOc1ccc(C(C)NC(=O)CN(C)S(=O)(=O)c2ccc(OC)c(OC)c2)cc1OCC. The van der Waals surface area contributed by atoms with E-state index < -0.39 is 15.9 Å². The van der Waals surface area contributed by atoms with Crippen molar-refractivity contribution in [1.82, 2.24) is 9.62 Å². The summed E-state index contributed by atoms with van der Waals surface area (Å²) in [4.78, 5) is 12.6. The van der Waals surface area contributed by atoms with Crippen molar-refractivity contribution in [3.63, 3.8) is 0 Å². The molecule has 0 saturated heterocycles. The predicted molar refractivity (Wildman–Crippen MR) is 125 cm³/mol. The summed E-state index contributed by atoms with van der Waals surface area (Å²) in [6.07, 6.45) is 0. The minimum absolute atomic E-state index is 0.00336. The highest BCUT2D eigenvalue weighted by Crippen LogP contribution is 2.31. The first kappa shape index (κ1) is 26.3. The number of nitrogens with zero attached hydrogens (tertiary/aromatic N) is 1. The second-order valence-corrected chi connectivity index (χ2v) is 9.18. The molecule has 0 aromatic heterocycles. The maximum Gasteiger partial charge on any atom is 0.243 e. The number of methoxy groups -OCH3 is 2. The number of likely N-dealkylation sites (N-methyl/N-ethyl adjacent to an activating group) is 1. The van der Waals surface area contributed by atoms with Crippen LogP contribution in [-0.2, 0) is 14.8 Å². The quantitative estimate of drug-likeness (QED) is 0.498. The number of ether oxygens (including phenoxy) is 4. The van der Waals surface area contributed by atoms with Gasteiger partial charge in [-0.1, -0.05) is 6.07 Å². The molecule has 0 heterocycles. The van der Waals surface area contributed by atoms with Crippen molar-refractivity contribution in [3.8, 4) is 23.0 Å². The molecule has 0 aliphatic carbocycles. The smallest absolute Gasteiger partial charge is 0.243 e. The number of hydrogen-bond acceptors (Lipinski definition) is 7. The normalized spacial score (nSPS) is 12.2. The van der Waals surface area contributed by atoms with Gasteiger partial charge in [0.1, 0.15) is 0 Å². The van der Waals surface area contributed by atoms with Gasteiger partial charge in [-0.2, -0.15) is 4.31 Å². The topological polar surface area (TPSA) is 103 Å². The third kappa shape index (κ3) is 6.52. The summed E-state index contributed by atoms with van der Waals surface area (Å²) >= 11 is 0. The summed E-state index contributed by atoms with van der Waals surface area (Å²) in [7, 11) is 0.315. The summed E-state index contributed by atoms with van der Waals surface area (Å²) in [5.74, 6) is 1.47. The van der Waals surface area contributed by atoms with Crippen molar-refractivity contribution in [2.24, 2.45) is 0 Å². The lowest BCUT2D eigenvalue weighted by atomic mass is 10.1.